The van der Waals surface area contributed by atoms with Crippen LogP contribution in [-0.4, -0.2) is 62.7 Å². The van der Waals surface area contributed by atoms with E-state index in [1.54, 1.807) is 11.6 Å². The molecular weight excluding hydrogens is 390 g/mol. The van der Waals surface area contributed by atoms with Crippen molar-refractivity contribution in [2.45, 2.75) is 19.4 Å². The molecule has 1 aromatic heterocycles. The summed E-state index contributed by atoms with van der Waals surface area (Å²) < 4.78 is 51.0. The van der Waals surface area contributed by atoms with Crippen LogP contribution in [0.15, 0.2) is 22.6 Å². The second-order valence-electron chi connectivity index (χ2n) is 5.50. The highest BCUT2D eigenvalue weighted by molar-refractivity contribution is 8.02. The van der Waals surface area contributed by atoms with Gasteiger partial charge in [-0.3, -0.25) is 0 Å². The van der Waals surface area contributed by atoms with Crippen LogP contribution >= 0.6 is 11.3 Å². The van der Waals surface area contributed by atoms with E-state index in [-0.39, 0.29) is 3.71 Å². The van der Waals surface area contributed by atoms with Gasteiger partial charge in [0.2, 0.25) is 0 Å². The van der Waals surface area contributed by atoms with Gasteiger partial charge >= 0.3 is 16.2 Å². The van der Waals surface area contributed by atoms with E-state index in [1.807, 2.05) is 17.5 Å². The zero-order valence-electron chi connectivity index (χ0n) is 14.1. The van der Waals surface area contributed by atoms with Gasteiger partial charge in [-0.1, -0.05) is 9.78 Å². The molecule has 1 unspecified atom stereocenters. The van der Waals surface area contributed by atoms with Crippen LogP contribution in [0.2, 0.25) is 0 Å². The molecule has 140 valence electrons. The predicted molar refractivity (Wildman–Crippen MR) is 94.4 cm³/mol. The van der Waals surface area contributed by atoms with Crippen molar-refractivity contribution in [3.8, 4) is 0 Å². The molecule has 25 heavy (non-hydrogen) atoms. The Kier molecular flexibility index (Phi) is 5.53. The summed E-state index contributed by atoms with van der Waals surface area (Å²) in [6.45, 7) is 1.73. The highest BCUT2D eigenvalue weighted by Crippen LogP contribution is 2.33. The Morgan fingerprint density at radius 3 is 2.48 bits per heavy atom. The number of thiophene rings is 1. The van der Waals surface area contributed by atoms with Gasteiger partial charge in [-0.25, -0.2) is 14.5 Å². The predicted octanol–water partition coefficient (Wildman–Crippen LogP) is 0.563. The second-order valence-corrected chi connectivity index (χ2v) is 10.6. The molecule has 0 spiro atoms. The molecule has 0 aliphatic carbocycles. The van der Waals surface area contributed by atoms with Gasteiger partial charge in [0.15, 0.2) is 0 Å². The Morgan fingerprint density at radius 1 is 1.32 bits per heavy atom. The van der Waals surface area contributed by atoms with Crippen LogP contribution in [0.5, 0.6) is 0 Å². The van der Waals surface area contributed by atoms with E-state index in [0.29, 0.717) is 12.1 Å². The first-order chi connectivity index (χ1) is 11.5. The van der Waals surface area contributed by atoms with E-state index in [1.165, 1.54) is 25.4 Å². The van der Waals surface area contributed by atoms with Gasteiger partial charge in [0.25, 0.3) is 10.2 Å². The molecule has 1 aliphatic heterocycles. The minimum absolute atomic E-state index is 0.102. The minimum atomic E-state index is -4.61. The molecule has 1 N–H and O–H groups in total. The molecule has 13 heteroatoms. The maximum atomic E-state index is 12.4. The van der Waals surface area contributed by atoms with Crippen molar-refractivity contribution in [1.82, 2.24) is 17.7 Å². The summed E-state index contributed by atoms with van der Waals surface area (Å²) in [5.74, 6) is 0. The lowest BCUT2D eigenvalue weighted by Gasteiger charge is -2.24. The number of hydrogen-bond donors (Lipinski definition) is 1. The molecule has 0 saturated heterocycles. The summed E-state index contributed by atoms with van der Waals surface area (Å²) in [5.41, 5.74) is 0.667. The number of hydrazone groups is 1. The third-order valence-electron chi connectivity index (χ3n) is 3.48. The third kappa shape index (κ3) is 4.00. The largest absolute Gasteiger partial charge is 0.353 e. The first kappa shape index (κ1) is 19.8. The van der Waals surface area contributed by atoms with Crippen LogP contribution in [0.25, 0.3) is 0 Å². The lowest BCUT2D eigenvalue weighted by Crippen LogP contribution is -2.50. The Bertz CT molecular complexity index is 876. The molecule has 0 saturated carbocycles. The first-order valence-corrected chi connectivity index (χ1v) is 10.8. The molecule has 1 aromatic rings. The maximum Gasteiger partial charge on any atom is 0.353 e. The van der Waals surface area contributed by atoms with Crippen molar-refractivity contribution in [2.75, 3.05) is 21.1 Å². The SMILES string of the molecule is CC1=NN(C(=O)NS(=O)(=O)N(C)S(=O)(=O)N(C)C)C(c2cccs2)C1. The van der Waals surface area contributed by atoms with Crippen molar-refractivity contribution in [1.29, 1.82) is 0 Å². The van der Waals surface area contributed by atoms with E-state index in [9.17, 15) is 21.6 Å². The van der Waals surface area contributed by atoms with Crippen LogP contribution in [0, 0.1) is 0 Å². The zero-order chi connectivity index (χ0) is 19.0. The van der Waals surface area contributed by atoms with E-state index in [2.05, 4.69) is 5.10 Å². The average Bonchev–Trinajstić information content (AvgIpc) is 3.14. The lowest BCUT2D eigenvalue weighted by molar-refractivity contribution is 0.192. The van der Waals surface area contributed by atoms with E-state index in [4.69, 9.17) is 0 Å². The molecular formula is C12H19N5O5S3. The molecule has 1 atom stereocenters. The van der Waals surface area contributed by atoms with Gasteiger partial charge in [0, 0.05) is 38.2 Å². The fourth-order valence-electron chi connectivity index (χ4n) is 2.13. The topological polar surface area (TPSA) is 119 Å². The smallest absolute Gasteiger partial charge is 0.245 e. The molecule has 10 nitrogen and oxygen atoms in total. The number of urea groups is 1. The summed E-state index contributed by atoms with van der Waals surface area (Å²) in [7, 11) is -5.66. The molecule has 2 heterocycles. The molecule has 0 radical (unpaired) electrons. The van der Waals surface area contributed by atoms with Crippen molar-refractivity contribution >= 4 is 43.5 Å². The quantitative estimate of drug-likeness (QED) is 0.762. The Labute approximate surface area is 151 Å². The molecule has 0 fully saturated rings. The number of hydrogen-bond acceptors (Lipinski definition) is 7. The molecule has 2 amide bonds. The van der Waals surface area contributed by atoms with Crippen LogP contribution in [-0.2, 0) is 20.4 Å². The van der Waals surface area contributed by atoms with Crippen molar-refractivity contribution in [3.63, 3.8) is 0 Å². The standard InChI is InChI=1S/C12H19N5O5S3/c1-9-8-10(11-6-5-7-23-11)17(13-9)12(18)14-24(19,20)16(4)25(21,22)15(2)3/h5-7,10H,8H2,1-4H3,(H,14,18). The van der Waals surface area contributed by atoms with Gasteiger partial charge in [-0.2, -0.15) is 26.2 Å². The molecule has 1 aliphatic rings. The van der Waals surface area contributed by atoms with Gasteiger partial charge in [0.05, 0.1) is 6.04 Å². The number of rotatable bonds is 5. The van der Waals surface area contributed by atoms with Crippen LogP contribution < -0.4 is 4.72 Å². The van der Waals surface area contributed by atoms with Crippen molar-refractivity contribution in [2.24, 2.45) is 5.10 Å². The van der Waals surface area contributed by atoms with Crippen molar-refractivity contribution in [3.05, 3.63) is 22.4 Å². The monoisotopic (exact) mass is 409 g/mol. The van der Waals surface area contributed by atoms with Gasteiger partial charge < -0.3 is 0 Å². The van der Waals surface area contributed by atoms with Crippen LogP contribution in [0.4, 0.5) is 4.79 Å². The van der Waals surface area contributed by atoms with E-state index in [0.717, 1.165) is 21.2 Å². The zero-order valence-corrected chi connectivity index (χ0v) is 16.5. The Hall–Kier alpha value is -1.54. The first-order valence-electron chi connectivity index (χ1n) is 7.07. The Morgan fingerprint density at radius 2 is 1.96 bits per heavy atom. The number of carbonyl (C=O) groups is 1. The van der Waals surface area contributed by atoms with Gasteiger partial charge in [0.1, 0.15) is 0 Å². The molecule has 0 aromatic carbocycles. The minimum Gasteiger partial charge on any atom is -0.245 e. The summed E-state index contributed by atoms with van der Waals surface area (Å²) in [6, 6.07) is 2.20. The third-order valence-corrected chi connectivity index (χ3v) is 8.29. The summed E-state index contributed by atoms with van der Waals surface area (Å²) >= 11 is 1.42. The normalized spacial score (nSPS) is 18.7. The van der Waals surface area contributed by atoms with Gasteiger partial charge in [-0.05, 0) is 18.4 Å². The molecule has 0 bridgehead atoms. The van der Waals surface area contributed by atoms with Crippen LogP contribution in [0.1, 0.15) is 24.3 Å². The number of nitrogens with one attached hydrogen (secondary N) is 1. The fraction of sp³-hybridized carbons (Fsp3) is 0.500. The lowest BCUT2D eigenvalue weighted by atomic mass is 10.1. The number of amides is 2. The summed E-state index contributed by atoms with van der Waals surface area (Å²) in [6.07, 6.45) is 0.472. The number of nitrogens with zero attached hydrogens (tertiary/aromatic N) is 4. The van der Waals surface area contributed by atoms with Crippen molar-refractivity contribution < 1.29 is 21.6 Å². The summed E-state index contributed by atoms with van der Waals surface area (Å²) in [5, 5.41) is 6.93. The molecule has 2 rings (SSSR count). The van der Waals surface area contributed by atoms with Crippen LogP contribution in [0.3, 0.4) is 0 Å². The summed E-state index contributed by atoms with van der Waals surface area (Å²) in [4.78, 5) is 13.3. The second kappa shape index (κ2) is 6.99. The van der Waals surface area contributed by atoms with Gasteiger partial charge in [-0.15, -0.1) is 11.3 Å². The Balaban J connectivity index is 2.23. The highest BCUT2D eigenvalue weighted by Gasteiger charge is 2.37. The fourth-order valence-corrected chi connectivity index (χ4v) is 5.34. The number of carbonyl (C=O) groups excluding carboxylic acids is 1. The maximum absolute atomic E-state index is 12.4. The highest BCUT2D eigenvalue weighted by atomic mass is 32.3. The van der Waals surface area contributed by atoms with E-state index >= 15 is 0 Å². The van der Waals surface area contributed by atoms with E-state index < -0.39 is 32.5 Å². The average molecular weight is 410 g/mol.